The molecule has 2 rings (SSSR count). The lowest BCUT2D eigenvalue weighted by molar-refractivity contribution is -0.163. The molecule has 2 aliphatic rings. The van der Waals surface area contributed by atoms with E-state index >= 15 is 0 Å². The fourth-order valence-corrected chi connectivity index (χ4v) is 3.12. The molecule has 0 radical (unpaired) electrons. The predicted molar refractivity (Wildman–Crippen MR) is 59.9 cm³/mol. The normalized spacial score (nSPS) is 33.5. The van der Waals surface area contributed by atoms with Crippen molar-refractivity contribution in [3.63, 3.8) is 0 Å². The van der Waals surface area contributed by atoms with Gasteiger partial charge in [0.15, 0.2) is 0 Å². The number of nitrogens with zero attached hydrogens (tertiary/aromatic N) is 1. The number of carboxylic acid groups (broad SMARTS) is 1. The molecule has 5 heteroatoms. The first-order valence-electron chi connectivity index (χ1n) is 5.89. The molecular weight excluding hydrogens is 222 g/mol. The topological polar surface area (TPSA) is 77.8 Å². The van der Waals surface area contributed by atoms with Crippen molar-refractivity contribution >= 4 is 11.9 Å². The number of amides is 1. The van der Waals surface area contributed by atoms with Crippen LogP contribution in [0.15, 0.2) is 11.3 Å². The van der Waals surface area contributed by atoms with Crippen LogP contribution < -0.4 is 0 Å². The number of carboxylic acids is 1. The summed E-state index contributed by atoms with van der Waals surface area (Å²) >= 11 is 0. The number of carbonyl (C=O) groups excluding carboxylic acids is 1. The van der Waals surface area contributed by atoms with Crippen LogP contribution in [0.5, 0.6) is 0 Å². The van der Waals surface area contributed by atoms with Gasteiger partial charge in [-0.2, -0.15) is 0 Å². The van der Waals surface area contributed by atoms with E-state index in [0.717, 1.165) is 5.57 Å². The molecule has 1 amide bonds. The summed E-state index contributed by atoms with van der Waals surface area (Å²) in [5.74, 6) is -1.75. The Morgan fingerprint density at radius 3 is 2.53 bits per heavy atom. The van der Waals surface area contributed by atoms with Gasteiger partial charge in [-0.3, -0.25) is 4.79 Å². The fraction of sp³-hybridized carbons (Fsp3) is 0.667. The average Bonchev–Trinajstić information content (AvgIpc) is 2.47. The molecule has 4 atom stereocenters. The lowest BCUT2D eigenvalue weighted by Gasteiger charge is -2.46. The van der Waals surface area contributed by atoms with Crippen LogP contribution >= 0.6 is 0 Å². The number of carbonyl (C=O) groups is 2. The van der Waals surface area contributed by atoms with Gasteiger partial charge < -0.3 is 15.1 Å². The summed E-state index contributed by atoms with van der Waals surface area (Å²) in [7, 11) is 0. The van der Waals surface area contributed by atoms with Crippen molar-refractivity contribution in [3.8, 4) is 0 Å². The molecule has 17 heavy (non-hydrogen) atoms. The minimum Gasteiger partial charge on any atom is -0.477 e. The zero-order valence-electron chi connectivity index (χ0n) is 10.2. The largest absolute Gasteiger partial charge is 0.477 e. The lowest BCUT2D eigenvalue weighted by Crippen LogP contribution is -2.63. The first-order valence-corrected chi connectivity index (χ1v) is 5.89. The summed E-state index contributed by atoms with van der Waals surface area (Å²) in [4.78, 5) is 24.4. The number of β-lactam (4-membered cyclic amide) rings is 1. The summed E-state index contributed by atoms with van der Waals surface area (Å²) in [5.41, 5.74) is 0.936. The Morgan fingerprint density at radius 1 is 1.53 bits per heavy atom. The number of fused-ring (bicyclic) bond motifs is 1. The predicted octanol–water partition coefficient (Wildman–Crippen LogP) is 0.593. The molecule has 0 aromatic rings. The highest BCUT2D eigenvalue weighted by molar-refractivity contribution is 5.99. The molecule has 2 heterocycles. The molecule has 0 aromatic heterocycles. The average molecular weight is 239 g/mol. The maximum atomic E-state index is 11.9. The number of aliphatic hydroxyl groups is 1. The highest BCUT2D eigenvalue weighted by atomic mass is 16.4. The van der Waals surface area contributed by atoms with Crippen molar-refractivity contribution < 1.29 is 19.8 Å². The standard InChI is InChI=1S/C12H17NO4/c1-4-7-5(2)9-8(6(3)14)11(15)13(9)10(7)12(16)17/h5-6,8-9,14H,4H2,1-3H3,(H,16,17). The van der Waals surface area contributed by atoms with Crippen LogP contribution in [0, 0.1) is 11.8 Å². The van der Waals surface area contributed by atoms with Gasteiger partial charge in [0.05, 0.1) is 18.1 Å². The molecule has 5 nitrogen and oxygen atoms in total. The van der Waals surface area contributed by atoms with Gasteiger partial charge >= 0.3 is 5.97 Å². The van der Waals surface area contributed by atoms with Crippen molar-refractivity contribution in [2.45, 2.75) is 39.3 Å². The molecule has 2 aliphatic heterocycles. The number of aliphatic carboxylic acids is 1. The van der Waals surface area contributed by atoms with Crippen LogP contribution in [0.25, 0.3) is 0 Å². The van der Waals surface area contributed by atoms with Crippen molar-refractivity contribution in [1.82, 2.24) is 4.90 Å². The first-order chi connectivity index (χ1) is 7.91. The molecule has 0 aromatic carbocycles. The van der Waals surface area contributed by atoms with E-state index in [1.165, 1.54) is 4.90 Å². The van der Waals surface area contributed by atoms with Gasteiger partial charge in [-0.1, -0.05) is 13.8 Å². The SMILES string of the molecule is CCC1=C(C(=O)O)N2C(=O)C(C(C)O)C2C1C. The van der Waals surface area contributed by atoms with E-state index in [2.05, 4.69) is 0 Å². The van der Waals surface area contributed by atoms with Gasteiger partial charge in [-0.25, -0.2) is 4.79 Å². The zero-order chi connectivity index (χ0) is 12.9. The van der Waals surface area contributed by atoms with Gasteiger partial charge in [-0.05, 0) is 18.9 Å². The molecule has 0 aliphatic carbocycles. The van der Waals surface area contributed by atoms with Crippen molar-refractivity contribution in [2.24, 2.45) is 11.8 Å². The summed E-state index contributed by atoms with van der Waals surface area (Å²) in [6, 6.07) is -0.177. The number of hydrogen-bond acceptors (Lipinski definition) is 3. The summed E-state index contributed by atoms with van der Waals surface area (Å²) in [6.45, 7) is 5.40. The van der Waals surface area contributed by atoms with Crippen LogP contribution in [-0.4, -0.2) is 39.1 Å². The number of hydrogen-bond donors (Lipinski definition) is 2. The van der Waals surface area contributed by atoms with Gasteiger partial charge in [0.1, 0.15) is 5.70 Å². The molecule has 4 unspecified atom stereocenters. The van der Waals surface area contributed by atoms with Crippen molar-refractivity contribution in [2.75, 3.05) is 0 Å². The lowest BCUT2D eigenvalue weighted by atomic mass is 9.77. The summed E-state index contributed by atoms with van der Waals surface area (Å²) in [5, 5.41) is 18.8. The smallest absolute Gasteiger partial charge is 0.352 e. The van der Waals surface area contributed by atoms with Crippen LogP contribution in [0.2, 0.25) is 0 Å². The van der Waals surface area contributed by atoms with E-state index in [9.17, 15) is 19.8 Å². The molecule has 0 saturated carbocycles. The first kappa shape index (κ1) is 12.1. The van der Waals surface area contributed by atoms with E-state index in [-0.39, 0.29) is 23.6 Å². The molecule has 0 bridgehead atoms. The second-order valence-electron chi connectivity index (χ2n) is 4.79. The third-order valence-corrected chi connectivity index (χ3v) is 3.90. The summed E-state index contributed by atoms with van der Waals surface area (Å²) < 4.78 is 0. The van der Waals surface area contributed by atoms with E-state index in [1.807, 2.05) is 13.8 Å². The fourth-order valence-electron chi connectivity index (χ4n) is 3.12. The van der Waals surface area contributed by atoms with E-state index in [0.29, 0.717) is 6.42 Å². The van der Waals surface area contributed by atoms with Gasteiger partial charge in [0.25, 0.3) is 0 Å². The Labute approximate surface area is 99.7 Å². The van der Waals surface area contributed by atoms with Gasteiger partial charge in [0.2, 0.25) is 5.91 Å². The highest BCUT2D eigenvalue weighted by Gasteiger charge is 2.59. The van der Waals surface area contributed by atoms with E-state index < -0.39 is 18.0 Å². The number of rotatable bonds is 3. The zero-order valence-corrected chi connectivity index (χ0v) is 10.2. The van der Waals surface area contributed by atoms with Crippen LogP contribution in [-0.2, 0) is 9.59 Å². The molecule has 2 N–H and O–H groups in total. The maximum absolute atomic E-state index is 11.9. The number of aliphatic hydroxyl groups excluding tert-OH is 1. The quantitative estimate of drug-likeness (QED) is 0.707. The molecule has 1 saturated heterocycles. The molecular formula is C12H17NO4. The van der Waals surface area contributed by atoms with Gasteiger partial charge in [-0.15, -0.1) is 0 Å². The Kier molecular flexibility index (Phi) is 2.73. The molecule has 94 valence electrons. The minimum absolute atomic E-state index is 0.0170. The van der Waals surface area contributed by atoms with Crippen molar-refractivity contribution in [1.29, 1.82) is 0 Å². The third-order valence-electron chi connectivity index (χ3n) is 3.90. The van der Waals surface area contributed by atoms with Crippen LogP contribution in [0.1, 0.15) is 27.2 Å². The molecule has 0 spiro atoms. The Balaban J connectivity index is 2.39. The van der Waals surface area contributed by atoms with E-state index in [1.54, 1.807) is 6.92 Å². The van der Waals surface area contributed by atoms with Crippen LogP contribution in [0.4, 0.5) is 0 Å². The third kappa shape index (κ3) is 1.42. The second kappa shape index (κ2) is 3.84. The van der Waals surface area contributed by atoms with Crippen molar-refractivity contribution in [3.05, 3.63) is 11.3 Å². The Bertz CT molecular complexity index is 413. The highest BCUT2D eigenvalue weighted by Crippen LogP contribution is 2.47. The van der Waals surface area contributed by atoms with Crippen LogP contribution in [0.3, 0.4) is 0 Å². The van der Waals surface area contributed by atoms with Gasteiger partial charge in [0, 0.05) is 5.92 Å². The Hall–Kier alpha value is -1.36. The minimum atomic E-state index is -1.05. The summed E-state index contributed by atoms with van der Waals surface area (Å²) in [6.07, 6.45) is -0.104. The monoisotopic (exact) mass is 239 g/mol. The Morgan fingerprint density at radius 2 is 2.12 bits per heavy atom. The molecule has 1 fully saturated rings. The maximum Gasteiger partial charge on any atom is 0.352 e. The second-order valence-corrected chi connectivity index (χ2v) is 4.79. The van der Waals surface area contributed by atoms with E-state index in [4.69, 9.17) is 0 Å².